The summed E-state index contributed by atoms with van der Waals surface area (Å²) >= 11 is 1.61. The van der Waals surface area contributed by atoms with Crippen LogP contribution in [0.3, 0.4) is 0 Å². The fourth-order valence-electron chi connectivity index (χ4n) is 3.76. The minimum Gasteiger partial charge on any atom is -0.375 e. The number of anilines is 1. The van der Waals surface area contributed by atoms with Crippen molar-refractivity contribution in [3.63, 3.8) is 0 Å². The largest absolute Gasteiger partial charge is 0.375 e. The molecule has 0 aliphatic rings. The molecule has 4 aromatic rings. The number of pyridine rings is 1. The zero-order valence-corrected chi connectivity index (χ0v) is 19.7. The highest BCUT2D eigenvalue weighted by Gasteiger charge is 2.25. The molecule has 3 aromatic heterocycles. The minimum atomic E-state index is -0.305. The zero-order valence-electron chi connectivity index (χ0n) is 18.9. The average Bonchev–Trinajstić information content (AvgIpc) is 3.46. The number of amides is 2. The van der Waals surface area contributed by atoms with Crippen molar-refractivity contribution in [3.8, 4) is 11.4 Å². The van der Waals surface area contributed by atoms with Crippen molar-refractivity contribution >= 4 is 39.9 Å². The van der Waals surface area contributed by atoms with E-state index in [9.17, 15) is 9.59 Å². The number of thiophene rings is 1. The number of hydrogen-bond acceptors (Lipinski definition) is 6. The number of methoxy groups -OCH3 is 1. The SMILES string of the molecule is COCC(=O)Nc1cc(C(=O)N(C)[C@H](C)c2cccs2)c2c(c1)nc(-c1ccncc1)n2C. The van der Waals surface area contributed by atoms with Crippen LogP contribution in [0.25, 0.3) is 22.4 Å². The van der Waals surface area contributed by atoms with Gasteiger partial charge in [0.2, 0.25) is 5.91 Å². The molecule has 3 heterocycles. The average molecular weight is 464 g/mol. The zero-order chi connectivity index (χ0) is 23.5. The number of aryl methyl sites for hydroxylation is 1. The smallest absolute Gasteiger partial charge is 0.256 e. The second-order valence-corrected chi connectivity index (χ2v) is 8.69. The topological polar surface area (TPSA) is 89.3 Å². The van der Waals surface area contributed by atoms with Crippen LogP contribution < -0.4 is 5.32 Å². The van der Waals surface area contributed by atoms with Gasteiger partial charge in [-0.1, -0.05) is 6.07 Å². The maximum atomic E-state index is 13.7. The van der Waals surface area contributed by atoms with Crippen molar-refractivity contribution in [3.05, 3.63) is 64.6 Å². The van der Waals surface area contributed by atoms with Gasteiger partial charge in [0.15, 0.2) is 0 Å². The highest BCUT2D eigenvalue weighted by atomic mass is 32.1. The van der Waals surface area contributed by atoms with E-state index in [2.05, 4.69) is 10.3 Å². The van der Waals surface area contributed by atoms with E-state index in [4.69, 9.17) is 9.72 Å². The molecule has 0 saturated heterocycles. The first-order valence-corrected chi connectivity index (χ1v) is 11.3. The molecule has 0 bridgehead atoms. The Hall–Kier alpha value is -3.56. The first-order chi connectivity index (χ1) is 15.9. The van der Waals surface area contributed by atoms with Crippen molar-refractivity contribution < 1.29 is 14.3 Å². The van der Waals surface area contributed by atoms with Crippen LogP contribution in [-0.4, -0.2) is 52.0 Å². The molecule has 0 fully saturated rings. The molecule has 1 atom stereocenters. The Morgan fingerprint density at radius 2 is 2.00 bits per heavy atom. The van der Waals surface area contributed by atoms with E-state index in [1.54, 1.807) is 47.8 Å². The van der Waals surface area contributed by atoms with Crippen molar-refractivity contribution in [2.45, 2.75) is 13.0 Å². The van der Waals surface area contributed by atoms with Gasteiger partial charge in [0.1, 0.15) is 12.4 Å². The normalized spacial score (nSPS) is 12.0. The summed E-state index contributed by atoms with van der Waals surface area (Å²) in [7, 11) is 5.13. The molecule has 170 valence electrons. The summed E-state index contributed by atoms with van der Waals surface area (Å²) in [5.41, 5.74) is 3.14. The van der Waals surface area contributed by atoms with Crippen LogP contribution in [0.1, 0.15) is 28.2 Å². The molecule has 0 unspecified atom stereocenters. The number of carbonyl (C=O) groups excluding carboxylic acids is 2. The van der Waals surface area contributed by atoms with Gasteiger partial charge in [-0.05, 0) is 42.6 Å². The summed E-state index contributed by atoms with van der Waals surface area (Å²) in [6.07, 6.45) is 3.40. The lowest BCUT2D eigenvalue weighted by Crippen LogP contribution is -2.30. The number of hydrogen-bond donors (Lipinski definition) is 1. The Balaban J connectivity index is 1.83. The molecule has 1 N–H and O–H groups in total. The maximum Gasteiger partial charge on any atom is 0.256 e. The van der Waals surface area contributed by atoms with Gasteiger partial charge in [-0.25, -0.2) is 4.98 Å². The molecule has 0 radical (unpaired) electrons. The molecular formula is C24H25N5O3S. The second kappa shape index (κ2) is 9.51. The Bertz CT molecular complexity index is 1280. The fourth-order valence-corrected chi connectivity index (χ4v) is 4.59. The van der Waals surface area contributed by atoms with Crippen LogP contribution in [0.5, 0.6) is 0 Å². The van der Waals surface area contributed by atoms with Crippen molar-refractivity contribution in [2.75, 3.05) is 26.1 Å². The highest BCUT2D eigenvalue weighted by molar-refractivity contribution is 7.10. The molecule has 8 nitrogen and oxygen atoms in total. The molecule has 0 saturated carbocycles. The van der Waals surface area contributed by atoms with Crippen LogP contribution in [0, 0.1) is 0 Å². The lowest BCUT2D eigenvalue weighted by Gasteiger charge is -2.25. The number of benzene rings is 1. The highest BCUT2D eigenvalue weighted by Crippen LogP contribution is 2.31. The number of ether oxygens (including phenoxy) is 1. The molecule has 0 spiro atoms. The van der Waals surface area contributed by atoms with Gasteiger partial charge < -0.3 is 19.5 Å². The van der Waals surface area contributed by atoms with Gasteiger partial charge in [-0.3, -0.25) is 14.6 Å². The summed E-state index contributed by atoms with van der Waals surface area (Å²) in [5, 5.41) is 4.80. The van der Waals surface area contributed by atoms with E-state index in [-0.39, 0.29) is 24.5 Å². The predicted octanol–water partition coefficient (Wildman–Crippen LogP) is 4.11. The second-order valence-electron chi connectivity index (χ2n) is 7.71. The number of nitrogens with one attached hydrogen (secondary N) is 1. The monoisotopic (exact) mass is 463 g/mol. The van der Waals surface area contributed by atoms with Gasteiger partial charge >= 0.3 is 0 Å². The minimum absolute atomic E-state index is 0.0822. The van der Waals surface area contributed by atoms with Crippen LogP contribution >= 0.6 is 11.3 Å². The lowest BCUT2D eigenvalue weighted by atomic mass is 10.1. The van der Waals surface area contributed by atoms with Crippen LogP contribution in [0.4, 0.5) is 5.69 Å². The van der Waals surface area contributed by atoms with Gasteiger partial charge in [-0.2, -0.15) is 0 Å². The standard InChI is InChI=1S/C24H25N5O3S/c1-15(20-6-5-11-33-20)28(2)24(31)18-12-17(26-21(30)14-32-4)13-19-22(18)29(3)23(27-19)16-7-9-25-10-8-16/h5-13,15H,14H2,1-4H3,(H,26,30)/t15-/m1/s1. The third-order valence-corrected chi connectivity index (χ3v) is 6.60. The van der Waals surface area contributed by atoms with Crippen LogP contribution in [0.15, 0.2) is 54.2 Å². The molecular weight excluding hydrogens is 438 g/mol. The third-order valence-electron chi connectivity index (χ3n) is 5.55. The number of rotatable bonds is 7. The first kappa shape index (κ1) is 22.6. The molecule has 2 amide bonds. The third kappa shape index (κ3) is 4.50. The number of carbonyl (C=O) groups is 2. The van der Waals surface area contributed by atoms with Gasteiger partial charge in [0, 0.05) is 49.7 Å². The van der Waals surface area contributed by atoms with Crippen molar-refractivity contribution in [1.82, 2.24) is 19.4 Å². The van der Waals surface area contributed by atoms with Crippen LogP contribution in [-0.2, 0) is 16.6 Å². The first-order valence-electron chi connectivity index (χ1n) is 10.4. The number of fused-ring (bicyclic) bond motifs is 1. The van der Waals surface area contributed by atoms with E-state index < -0.39 is 0 Å². The van der Waals surface area contributed by atoms with Crippen molar-refractivity contribution in [1.29, 1.82) is 0 Å². The van der Waals surface area contributed by atoms with Gasteiger partial charge in [0.05, 0.1) is 22.6 Å². The fraction of sp³-hybridized carbons (Fsp3) is 0.250. The summed E-state index contributed by atoms with van der Waals surface area (Å²) in [6.45, 7) is 1.91. The van der Waals surface area contributed by atoms with Gasteiger partial charge in [0.25, 0.3) is 5.91 Å². The summed E-state index contributed by atoms with van der Waals surface area (Å²) in [4.78, 5) is 37.5. The number of imidazole rings is 1. The lowest BCUT2D eigenvalue weighted by molar-refractivity contribution is -0.119. The predicted molar refractivity (Wildman–Crippen MR) is 129 cm³/mol. The Kier molecular flexibility index (Phi) is 6.52. The molecule has 0 aliphatic heterocycles. The van der Waals surface area contributed by atoms with E-state index in [0.29, 0.717) is 28.1 Å². The van der Waals surface area contributed by atoms with E-state index in [0.717, 1.165) is 10.4 Å². The molecule has 0 aliphatic carbocycles. The summed E-state index contributed by atoms with van der Waals surface area (Å²) in [6, 6.07) is 11.1. The number of aromatic nitrogens is 3. The van der Waals surface area contributed by atoms with E-state index in [1.165, 1.54) is 7.11 Å². The Morgan fingerprint density at radius 3 is 2.67 bits per heavy atom. The quantitative estimate of drug-likeness (QED) is 0.445. The summed E-state index contributed by atoms with van der Waals surface area (Å²) < 4.78 is 6.83. The summed E-state index contributed by atoms with van der Waals surface area (Å²) in [5.74, 6) is 0.240. The Morgan fingerprint density at radius 1 is 1.24 bits per heavy atom. The van der Waals surface area contributed by atoms with Gasteiger partial charge in [-0.15, -0.1) is 11.3 Å². The molecule has 9 heteroatoms. The van der Waals surface area contributed by atoms with Crippen LogP contribution in [0.2, 0.25) is 0 Å². The van der Waals surface area contributed by atoms with E-state index in [1.807, 2.05) is 48.2 Å². The van der Waals surface area contributed by atoms with E-state index >= 15 is 0 Å². The van der Waals surface area contributed by atoms with Crippen molar-refractivity contribution in [2.24, 2.45) is 7.05 Å². The number of nitrogens with zero attached hydrogens (tertiary/aromatic N) is 4. The maximum absolute atomic E-state index is 13.7. The Labute approximate surface area is 195 Å². The molecule has 4 rings (SSSR count). The molecule has 1 aromatic carbocycles. The molecule has 33 heavy (non-hydrogen) atoms.